The highest BCUT2D eigenvalue weighted by Gasteiger charge is 2.28. The molecule has 0 spiro atoms. The normalized spacial score (nSPS) is 14.3. The third kappa shape index (κ3) is 3.72. The molecule has 0 bridgehead atoms. The Labute approximate surface area is 158 Å². The molecule has 6 heteroatoms. The number of rotatable bonds is 5. The number of amides is 1. The maximum absolute atomic E-state index is 12.9. The lowest BCUT2D eigenvalue weighted by molar-refractivity contribution is 0.102. The lowest BCUT2D eigenvalue weighted by atomic mass is 10.1. The first-order valence-electron chi connectivity index (χ1n) is 8.86. The second-order valence-electron chi connectivity index (χ2n) is 6.85. The molecule has 5 nitrogen and oxygen atoms in total. The molecule has 4 rings (SSSR count). The van der Waals surface area contributed by atoms with Gasteiger partial charge in [0.2, 0.25) is 10.0 Å². The van der Waals surface area contributed by atoms with Gasteiger partial charge < -0.3 is 5.32 Å². The second-order valence-corrected chi connectivity index (χ2v) is 8.57. The van der Waals surface area contributed by atoms with Crippen molar-refractivity contribution in [1.29, 1.82) is 0 Å². The van der Waals surface area contributed by atoms with E-state index in [9.17, 15) is 13.2 Å². The van der Waals surface area contributed by atoms with Gasteiger partial charge in [0.05, 0.1) is 4.90 Å². The first-order valence-corrected chi connectivity index (χ1v) is 10.3. The standard InChI is InChI=1S/C21H20N2O3S/c1-14-9-12-17(27(25,26)23-16-10-11-16)13-19(14)21(24)22-20-8-4-6-15-5-2-3-7-18(15)20/h2-9,12-13,16,23H,10-11H2,1H3,(H,22,24). The van der Waals surface area contributed by atoms with Crippen molar-refractivity contribution in [2.24, 2.45) is 0 Å². The maximum atomic E-state index is 12.9. The summed E-state index contributed by atoms with van der Waals surface area (Å²) < 4.78 is 27.6. The number of aryl methyl sites for hydroxylation is 1. The Balaban J connectivity index is 1.66. The van der Waals surface area contributed by atoms with Gasteiger partial charge in [0.25, 0.3) is 5.91 Å². The molecule has 0 aromatic heterocycles. The van der Waals surface area contributed by atoms with Gasteiger partial charge in [-0.1, -0.05) is 42.5 Å². The Hall–Kier alpha value is -2.70. The van der Waals surface area contributed by atoms with Crippen molar-refractivity contribution in [2.45, 2.75) is 30.7 Å². The molecule has 27 heavy (non-hydrogen) atoms. The molecule has 1 amide bonds. The number of nitrogens with one attached hydrogen (secondary N) is 2. The monoisotopic (exact) mass is 380 g/mol. The third-order valence-electron chi connectivity index (χ3n) is 4.70. The predicted molar refractivity (Wildman–Crippen MR) is 106 cm³/mol. The molecular weight excluding hydrogens is 360 g/mol. The van der Waals surface area contributed by atoms with E-state index in [1.165, 1.54) is 12.1 Å². The fraction of sp³-hybridized carbons (Fsp3) is 0.190. The Morgan fingerprint density at radius 2 is 1.74 bits per heavy atom. The van der Waals surface area contributed by atoms with Crippen LogP contribution in [0.3, 0.4) is 0 Å². The number of sulfonamides is 1. The van der Waals surface area contributed by atoms with Gasteiger partial charge in [-0.2, -0.15) is 0 Å². The van der Waals surface area contributed by atoms with Crippen molar-refractivity contribution in [1.82, 2.24) is 4.72 Å². The molecule has 3 aromatic rings. The van der Waals surface area contributed by atoms with Gasteiger partial charge in [-0.25, -0.2) is 13.1 Å². The van der Waals surface area contributed by atoms with Crippen LogP contribution >= 0.6 is 0 Å². The fourth-order valence-electron chi connectivity index (χ4n) is 3.03. The summed E-state index contributed by atoms with van der Waals surface area (Å²) in [5, 5.41) is 4.88. The Morgan fingerprint density at radius 3 is 2.52 bits per heavy atom. The summed E-state index contributed by atoms with van der Waals surface area (Å²) in [5.41, 5.74) is 1.77. The molecule has 0 radical (unpaired) electrons. The van der Waals surface area contributed by atoms with Crippen molar-refractivity contribution >= 4 is 32.4 Å². The predicted octanol–water partition coefficient (Wildman–Crippen LogP) is 3.84. The van der Waals surface area contributed by atoms with E-state index in [1.54, 1.807) is 13.0 Å². The Morgan fingerprint density at radius 1 is 1.00 bits per heavy atom. The van der Waals surface area contributed by atoms with E-state index in [1.807, 2.05) is 42.5 Å². The van der Waals surface area contributed by atoms with E-state index in [0.717, 1.165) is 29.2 Å². The SMILES string of the molecule is Cc1ccc(S(=O)(=O)NC2CC2)cc1C(=O)Nc1cccc2ccccc12. The largest absolute Gasteiger partial charge is 0.321 e. The molecule has 1 fully saturated rings. The van der Waals surface area contributed by atoms with Crippen LogP contribution in [0.4, 0.5) is 5.69 Å². The first kappa shape index (κ1) is 17.7. The highest BCUT2D eigenvalue weighted by atomic mass is 32.2. The van der Waals surface area contributed by atoms with E-state index in [-0.39, 0.29) is 16.8 Å². The molecule has 0 atom stereocenters. The summed E-state index contributed by atoms with van der Waals surface area (Å²) in [6.07, 6.45) is 1.72. The van der Waals surface area contributed by atoms with Crippen LogP contribution in [0.15, 0.2) is 65.6 Å². The maximum Gasteiger partial charge on any atom is 0.255 e. The first-order chi connectivity index (χ1) is 12.9. The minimum absolute atomic E-state index is 0.0178. The van der Waals surface area contributed by atoms with E-state index < -0.39 is 10.0 Å². The van der Waals surface area contributed by atoms with Gasteiger partial charge in [-0.3, -0.25) is 4.79 Å². The van der Waals surface area contributed by atoms with Crippen LogP contribution in [0.1, 0.15) is 28.8 Å². The van der Waals surface area contributed by atoms with Gasteiger partial charge in [-0.05, 0) is 48.9 Å². The summed E-state index contributed by atoms with van der Waals surface area (Å²) in [7, 11) is -3.61. The van der Waals surface area contributed by atoms with Crippen LogP contribution in [-0.4, -0.2) is 20.4 Å². The Bertz CT molecular complexity index is 1130. The van der Waals surface area contributed by atoms with Crippen LogP contribution in [0.25, 0.3) is 10.8 Å². The number of hydrogen-bond acceptors (Lipinski definition) is 3. The zero-order valence-electron chi connectivity index (χ0n) is 14.9. The van der Waals surface area contributed by atoms with Crippen molar-refractivity contribution < 1.29 is 13.2 Å². The highest BCUT2D eigenvalue weighted by molar-refractivity contribution is 7.89. The minimum Gasteiger partial charge on any atom is -0.321 e. The molecule has 0 saturated heterocycles. The number of carbonyl (C=O) groups is 1. The number of anilines is 1. The van der Waals surface area contributed by atoms with Crippen molar-refractivity contribution in [3.05, 3.63) is 71.8 Å². The second kappa shape index (κ2) is 6.79. The summed E-state index contributed by atoms with van der Waals surface area (Å²) >= 11 is 0. The van der Waals surface area contributed by atoms with E-state index >= 15 is 0 Å². The van der Waals surface area contributed by atoms with Crippen LogP contribution in [0.5, 0.6) is 0 Å². The lowest BCUT2D eigenvalue weighted by Gasteiger charge is -2.12. The molecule has 0 unspecified atom stereocenters. The Kier molecular flexibility index (Phi) is 4.45. The lowest BCUT2D eigenvalue weighted by Crippen LogP contribution is -2.26. The van der Waals surface area contributed by atoms with Crippen molar-refractivity contribution in [3.63, 3.8) is 0 Å². The van der Waals surface area contributed by atoms with Crippen LogP contribution in [0.2, 0.25) is 0 Å². The quantitative estimate of drug-likeness (QED) is 0.706. The van der Waals surface area contributed by atoms with E-state index in [2.05, 4.69) is 10.0 Å². The zero-order valence-corrected chi connectivity index (χ0v) is 15.7. The highest BCUT2D eigenvalue weighted by Crippen LogP contribution is 2.26. The van der Waals surface area contributed by atoms with Gasteiger partial charge in [0.15, 0.2) is 0 Å². The van der Waals surface area contributed by atoms with Crippen molar-refractivity contribution in [2.75, 3.05) is 5.32 Å². The fourth-order valence-corrected chi connectivity index (χ4v) is 4.36. The molecule has 1 aliphatic rings. The average Bonchev–Trinajstić information content (AvgIpc) is 3.45. The minimum atomic E-state index is -3.61. The summed E-state index contributed by atoms with van der Waals surface area (Å²) in [4.78, 5) is 13.0. The summed E-state index contributed by atoms with van der Waals surface area (Å²) in [5.74, 6) is -0.327. The van der Waals surface area contributed by atoms with Crippen LogP contribution in [0, 0.1) is 6.92 Å². The zero-order chi connectivity index (χ0) is 19.0. The van der Waals surface area contributed by atoms with E-state index in [4.69, 9.17) is 0 Å². The molecule has 3 aromatic carbocycles. The smallest absolute Gasteiger partial charge is 0.255 e. The number of fused-ring (bicyclic) bond motifs is 1. The molecule has 0 heterocycles. The van der Waals surface area contributed by atoms with E-state index in [0.29, 0.717) is 11.3 Å². The molecule has 1 saturated carbocycles. The number of hydrogen-bond donors (Lipinski definition) is 2. The molecule has 1 aliphatic carbocycles. The third-order valence-corrected chi connectivity index (χ3v) is 6.22. The molecule has 138 valence electrons. The molecular formula is C21H20N2O3S. The van der Waals surface area contributed by atoms with Gasteiger partial charge in [0, 0.05) is 22.7 Å². The average molecular weight is 380 g/mol. The molecule has 0 aliphatic heterocycles. The summed E-state index contributed by atoms with van der Waals surface area (Å²) in [6, 6.07) is 18.1. The van der Waals surface area contributed by atoms with Gasteiger partial charge in [-0.15, -0.1) is 0 Å². The van der Waals surface area contributed by atoms with Crippen LogP contribution < -0.4 is 10.0 Å². The topological polar surface area (TPSA) is 75.3 Å². The van der Waals surface area contributed by atoms with Crippen molar-refractivity contribution in [3.8, 4) is 0 Å². The van der Waals surface area contributed by atoms with Crippen LogP contribution in [-0.2, 0) is 10.0 Å². The van der Waals surface area contributed by atoms with Gasteiger partial charge in [0.1, 0.15) is 0 Å². The summed E-state index contributed by atoms with van der Waals surface area (Å²) in [6.45, 7) is 1.79. The molecule has 2 N–H and O–H groups in total. The van der Waals surface area contributed by atoms with Gasteiger partial charge >= 0.3 is 0 Å². The number of benzene rings is 3. The number of carbonyl (C=O) groups excluding carboxylic acids is 1.